The summed E-state index contributed by atoms with van der Waals surface area (Å²) in [7, 11) is 2.21. The van der Waals surface area contributed by atoms with Gasteiger partial charge in [0.05, 0.1) is 6.10 Å². The van der Waals surface area contributed by atoms with Crippen molar-refractivity contribution in [3.63, 3.8) is 0 Å². The highest BCUT2D eigenvalue weighted by Crippen LogP contribution is 2.18. The van der Waals surface area contributed by atoms with Crippen molar-refractivity contribution in [3.05, 3.63) is 0 Å². The van der Waals surface area contributed by atoms with Gasteiger partial charge in [0.25, 0.3) is 0 Å². The van der Waals surface area contributed by atoms with E-state index in [1.165, 1.54) is 24.5 Å². The first-order valence-corrected chi connectivity index (χ1v) is 6.30. The fraction of sp³-hybridized carbons (Fsp3) is 1.00. The van der Waals surface area contributed by atoms with Gasteiger partial charge >= 0.3 is 0 Å². The molecule has 1 aliphatic heterocycles. The summed E-state index contributed by atoms with van der Waals surface area (Å²) in [6, 6.07) is 0.650. The van der Waals surface area contributed by atoms with E-state index in [1.807, 2.05) is 11.8 Å². The number of ether oxygens (including phenoxy) is 1. The van der Waals surface area contributed by atoms with Gasteiger partial charge in [0.2, 0.25) is 0 Å². The van der Waals surface area contributed by atoms with Gasteiger partial charge in [0.1, 0.15) is 0 Å². The SMILES string of the molecule is CCSCCN(C)C1CCOC1C. The van der Waals surface area contributed by atoms with Crippen molar-refractivity contribution in [1.29, 1.82) is 0 Å². The molecule has 0 aromatic carbocycles. The third-order valence-corrected chi connectivity index (χ3v) is 3.57. The highest BCUT2D eigenvalue weighted by molar-refractivity contribution is 7.99. The lowest BCUT2D eigenvalue weighted by Gasteiger charge is -2.26. The number of hydrogen-bond acceptors (Lipinski definition) is 3. The minimum atomic E-state index is 0.427. The van der Waals surface area contributed by atoms with Crippen molar-refractivity contribution in [2.75, 3.05) is 31.7 Å². The van der Waals surface area contributed by atoms with Gasteiger partial charge in [-0.25, -0.2) is 0 Å². The highest BCUT2D eigenvalue weighted by Gasteiger charge is 2.27. The summed E-state index contributed by atoms with van der Waals surface area (Å²) in [5.74, 6) is 2.47. The van der Waals surface area contributed by atoms with Gasteiger partial charge < -0.3 is 4.74 Å². The van der Waals surface area contributed by atoms with Crippen molar-refractivity contribution in [2.45, 2.75) is 32.4 Å². The molecule has 1 fully saturated rings. The van der Waals surface area contributed by atoms with Crippen LogP contribution in [0.2, 0.25) is 0 Å². The Labute approximate surface area is 86.0 Å². The topological polar surface area (TPSA) is 12.5 Å². The molecular weight excluding hydrogens is 182 g/mol. The Bertz CT molecular complexity index is 143. The molecule has 2 atom stereocenters. The largest absolute Gasteiger partial charge is 0.377 e. The van der Waals surface area contributed by atoms with E-state index >= 15 is 0 Å². The zero-order valence-corrected chi connectivity index (χ0v) is 9.77. The van der Waals surface area contributed by atoms with Gasteiger partial charge in [0.15, 0.2) is 0 Å². The Kier molecular flexibility index (Phi) is 5.14. The first-order valence-electron chi connectivity index (χ1n) is 5.15. The molecule has 0 saturated carbocycles. The van der Waals surface area contributed by atoms with Crippen molar-refractivity contribution in [2.24, 2.45) is 0 Å². The molecule has 0 spiro atoms. The molecule has 0 aromatic heterocycles. The summed E-state index contributed by atoms with van der Waals surface area (Å²) >= 11 is 2.01. The Morgan fingerprint density at radius 1 is 1.54 bits per heavy atom. The minimum absolute atomic E-state index is 0.427. The second-order valence-electron chi connectivity index (χ2n) is 3.61. The smallest absolute Gasteiger partial charge is 0.0702 e. The van der Waals surface area contributed by atoms with Crippen LogP contribution in [0.3, 0.4) is 0 Å². The van der Waals surface area contributed by atoms with Crippen molar-refractivity contribution < 1.29 is 4.74 Å². The summed E-state index contributed by atoms with van der Waals surface area (Å²) in [6.45, 7) is 6.53. The van der Waals surface area contributed by atoms with Crippen LogP contribution in [0.25, 0.3) is 0 Å². The lowest BCUT2D eigenvalue weighted by molar-refractivity contribution is 0.0858. The van der Waals surface area contributed by atoms with Gasteiger partial charge in [-0.1, -0.05) is 6.92 Å². The monoisotopic (exact) mass is 203 g/mol. The highest BCUT2D eigenvalue weighted by atomic mass is 32.2. The molecule has 0 aromatic rings. The Morgan fingerprint density at radius 3 is 2.85 bits per heavy atom. The molecule has 13 heavy (non-hydrogen) atoms. The van der Waals surface area contributed by atoms with Gasteiger partial charge in [-0.15, -0.1) is 0 Å². The zero-order chi connectivity index (χ0) is 9.68. The Balaban J connectivity index is 2.18. The molecule has 0 aliphatic carbocycles. The van der Waals surface area contributed by atoms with Crippen LogP contribution in [-0.2, 0) is 4.74 Å². The van der Waals surface area contributed by atoms with Crippen LogP contribution in [0.15, 0.2) is 0 Å². The average Bonchev–Trinajstić information content (AvgIpc) is 2.52. The normalized spacial score (nSPS) is 28.6. The minimum Gasteiger partial charge on any atom is -0.377 e. The third kappa shape index (κ3) is 3.49. The molecule has 2 unspecified atom stereocenters. The fourth-order valence-electron chi connectivity index (χ4n) is 1.82. The van der Waals surface area contributed by atoms with E-state index in [9.17, 15) is 0 Å². The van der Waals surface area contributed by atoms with Crippen LogP contribution in [0.5, 0.6) is 0 Å². The van der Waals surface area contributed by atoms with E-state index < -0.39 is 0 Å². The second kappa shape index (κ2) is 5.89. The first-order chi connectivity index (χ1) is 6.25. The molecule has 1 aliphatic rings. The lowest BCUT2D eigenvalue weighted by atomic mass is 10.1. The zero-order valence-electron chi connectivity index (χ0n) is 8.95. The van der Waals surface area contributed by atoms with Gasteiger partial charge in [-0.3, -0.25) is 4.90 Å². The summed E-state index contributed by atoms with van der Waals surface area (Å²) in [6.07, 6.45) is 1.63. The summed E-state index contributed by atoms with van der Waals surface area (Å²) < 4.78 is 5.54. The Morgan fingerprint density at radius 2 is 2.31 bits per heavy atom. The van der Waals surface area contributed by atoms with E-state index in [0.29, 0.717) is 12.1 Å². The third-order valence-electron chi connectivity index (χ3n) is 2.69. The van der Waals surface area contributed by atoms with Crippen molar-refractivity contribution in [3.8, 4) is 0 Å². The maximum absolute atomic E-state index is 5.54. The van der Waals surface area contributed by atoms with Crippen LogP contribution < -0.4 is 0 Å². The van der Waals surface area contributed by atoms with Crippen LogP contribution in [0, 0.1) is 0 Å². The molecule has 1 heterocycles. The van der Waals surface area contributed by atoms with E-state index in [-0.39, 0.29) is 0 Å². The number of thioether (sulfide) groups is 1. The number of likely N-dealkylation sites (N-methyl/N-ethyl adjacent to an activating group) is 1. The first kappa shape index (κ1) is 11.3. The molecule has 78 valence electrons. The summed E-state index contributed by atoms with van der Waals surface area (Å²) in [4.78, 5) is 2.44. The van der Waals surface area contributed by atoms with Crippen LogP contribution in [0.4, 0.5) is 0 Å². The van der Waals surface area contributed by atoms with Crippen LogP contribution in [-0.4, -0.2) is 48.8 Å². The standard InChI is InChI=1S/C10H21NOS/c1-4-13-8-6-11(3)10-5-7-12-9(10)2/h9-10H,4-8H2,1-3H3. The maximum Gasteiger partial charge on any atom is 0.0702 e. The lowest BCUT2D eigenvalue weighted by Crippen LogP contribution is -2.38. The van der Waals surface area contributed by atoms with E-state index in [1.54, 1.807) is 0 Å². The fourth-order valence-corrected chi connectivity index (χ4v) is 2.52. The van der Waals surface area contributed by atoms with Crippen molar-refractivity contribution >= 4 is 11.8 Å². The molecule has 0 bridgehead atoms. The molecule has 1 rings (SSSR count). The van der Waals surface area contributed by atoms with E-state index in [2.05, 4.69) is 25.8 Å². The predicted molar refractivity (Wildman–Crippen MR) is 59.4 cm³/mol. The van der Waals surface area contributed by atoms with Gasteiger partial charge in [-0.05, 0) is 26.1 Å². The molecule has 3 heteroatoms. The molecule has 0 N–H and O–H groups in total. The summed E-state index contributed by atoms with van der Waals surface area (Å²) in [5.41, 5.74) is 0. The van der Waals surface area contributed by atoms with E-state index in [0.717, 1.165) is 6.61 Å². The predicted octanol–water partition coefficient (Wildman–Crippen LogP) is 1.85. The number of nitrogens with zero attached hydrogens (tertiary/aromatic N) is 1. The Hall–Kier alpha value is 0.270. The second-order valence-corrected chi connectivity index (χ2v) is 5.00. The number of hydrogen-bond donors (Lipinski definition) is 0. The molecular formula is C10H21NOS. The molecule has 0 radical (unpaired) electrons. The number of rotatable bonds is 5. The quantitative estimate of drug-likeness (QED) is 0.633. The van der Waals surface area contributed by atoms with Crippen LogP contribution >= 0.6 is 11.8 Å². The average molecular weight is 203 g/mol. The molecule has 0 amide bonds. The van der Waals surface area contributed by atoms with Crippen LogP contribution in [0.1, 0.15) is 20.3 Å². The van der Waals surface area contributed by atoms with Gasteiger partial charge in [0, 0.05) is 24.9 Å². The van der Waals surface area contributed by atoms with Gasteiger partial charge in [-0.2, -0.15) is 11.8 Å². The van der Waals surface area contributed by atoms with E-state index in [4.69, 9.17) is 4.74 Å². The molecule has 1 saturated heterocycles. The maximum atomic E-state index is 5.54. The summed E-state index contributed by atoms with van der Waals surface area (Å²) in [5, 5.41) is 0. The molecule has 2 nitrogen and oxygen atoms in total. The van der Waals surface area contributed by atoms with Crippen molar-refractivity contribution in [1.82, 2.24) is 4.90 Å².